The van der Waals surface area contributed by atoms with Gasteiger partial charge in [-0.25, -0.2) is 0 Å². The second-order valence-corrected chi connectivity index (χ2v) is 21.4. The van der Waals surface area contributed by atoms with Gasteiger partial charge in [-0.1, -0.05) is 159 Å². The van der Waals surface area contributed by atoms with E-state index >= 15 is 0 Å². The number of alkyl halides is 3. The molecule has 0 saturated carbocycles. The summed E-state index contributed by atoms with van der Waals surface area (Å²) in [6, 6.07) is 30.5. The lowest BCUT2D eigenvalue weighted by Gasteiger charge is -2.24. The predicted molar refractivity (Wildman–Crippen MR) is 273 cm³/mol. The largest absolute Gasteiger partial charge is 0.416 e. The first-order valence-electron chi connectivity index (χ1n) is 23.3. The quantitative estimate of drug-likeness (QED) is 0.0918. The molecule has 4 nitrogen and oxygen atoms in total. The Kier molecular flexibility index (Phi) is 28.8. The van der Waals surface area contributed by atoms with Gasteiger partial charge in [0.25, 0.3) is 0 Å². The monoisotopic (exact) mass is 929 g/mol. The molecule has 0 saturated heterocycles. The van der Waals surface area contributed by atoms with Gasteiger partial charge in [-0.2, -0.15) is 13.2 Å². The van der Waals surface area contributed by atoms with E-state index in [1.165, 1.54) is 54.0 Å². The molecule has 4 rings (SSSR count). The first kappa shape index (κ1) is 59.1. The van der Waals surface area contributed by atoms with E-state index in [-0.39, 0.29) is 5.41 Å². The van der Waals surface area contributed by atoms with Gasteiger partial charge in [0, 0.05) is 36.2 Å². The molecule has 360 valence electrons. The molecule has 2 N–H and O–H groups in total. The summed E-state index contributed by atoms with van der Waals surface area (Å²) in [7, 11) is 4.04. The minimum atomic E-state index is -4.28. The molecule has 0 radical (unpaired) electrons. The molecule has 0 heterocycles. The van der Waals surface area contributed by atoms with Crippen molar-refractivity contribution in [2.75, 3.05) is 40.3 Å². The molecule has 4 aromatic rings. The zero-order chi connectivity index (χ0) is 48.3. The third kappa shape index (κ3) is 31.1. The van der Waals surface area contributed by atoms with Crippen molar-refractivity contribution in [3.63, 3.8) is 0 Å². The van der Waals surface area contributed by atoms with E-state index in [0.29, 0.717) is 17.5 Å². The number of aryl methyl sites for hydroxylation is 1. The predicted octanol–water partition coefficient (Wildman–Crippen LogP) is 15.8. The Morgan fingerprint density at radius 1 is 0.562 bits per heavy atom. The minimum absolute atomic E-state index is 0.192. The van der Waals surface area contributed by atoms with Crippen molar-refractivity contribution in [3.05, 3.63) is 140 Å². The van der Waals surface area contributed by atoms with E-state index in [9.17, 15) is 13.2 Å². The Hall–Kier alpha value is -2.91. The molecule has 9 heteroatoms. The number of rotatable bonds is 19. The molecule has 0 amide bonds. The van der Waals surface area contributed by atoms with E-state index in [1.54, 1.807) is 12.1 Å². The molecule has 0 spiro atoms. The van der Waals surface area contributed by atoms with E-state index in [1.807, 2.05) is 42.3 Å². The smallest absolute Gasteiger partial charge is 0.313 e. The van der Waals surface area contributed by atoms with Crippen molar-refractivity contribution in [1.29, 1.82) is 0 Å². The summed E-state index contributed by atoms with van der Waals surface area (Å²) < 4.78 is 38.6. The maximum atomic E-state index is 12.9. The molecule has 0 atom stereocenters. The topological polar surface area (TPSA) is 30.5 Å². The first-order valence-corrected chi connectivity index (χ1v) is 24.1. The van der Waals surface area contributed by atoms with Gasteiger partial charge in [-0.05, 0) is 160 Å². The van der Waals surface area contributed by atoms with Crippen molar-refractivity contribution in [2.45, 2.75) is 141 Å². The van der Waals surface area contributed by atoms with Crippen molar-refractivity contribution >= 4 is 23.2 Å². The van der Waals surface area contributed by atoms with Crippen LogP contribution in [0.3, 0.4) is 0 Å². The lowest BCUT2D eigenvalue weighted by atomic mass is 9.91. The first-order chi connectivity index (χ1) is 29.8. The number of hydrogen-bond acceptors (Lipinski definition) is 4. The minimum Gasteiger partial charge on any atom is -0.313 e. The molecule has 0 fully saturated rings. The van der Waals surface area contributed by atoms with Gasteiger partial charge < -0.3 is 20.4 Å². The van der Waals surface area contributed by atoms with Gasteiger partial charge >= 0.3 is 6.18 Å². The molecule has 0 aliphatic heterocycles. The fourth-order valence-corrected chi connectivity index (χ4v) is 6.80. The van der Waals surface area contributed by atoms with Crippen LogP contribution in [0.2, 0.25) is 10.0 Å². The van der Waals surface area contributed by atoms with E-state index < -0.39 is 11.7 Å². The molecule has 64 heavy (non-hydrogen) atoms. The number of nitrogens with one attached hydrogen (secondary N) is 2. The number of halogens is 5. The Balaban J connectivity index is 0.000000429. The average Bonchev–Trinajstić information content (AvgIpc) is 3.19. The highest BCUT2D eigenvalue weighted by atomic mass is 35.5. The van der Waals surface area contributed by atoms with Crippen LogP contribution in [-0.4, -0.2) is 50.1 Å². The van der Waals surface area contributed by atoms with Gasteiger partial charge in [0.1, 0.15) is 0 Å². The number of nitrogens with zero attached hydrogens (tertiary/aromatic N) is 2. The van der Waals surface area contributed by atoms with Crippen molar-refractivity contribution in [1.82, 2.24) is 20.4 Å². The van der Waals surface area contributed by atoms with E-state index in [4.69, 9.17) is 23.2 Å². The molecular formula is C55H85Cl2F3N4. The summed E-state index contributed by atoms with van der Waals surface area (Å²) >= 11 is 11.8. The molecular weight excluding hydrogens is 845 g/mol. The highest BCUT2D eigenvalue weighted by Gasteiger charge is 2.33. The van der Waals surface area contributed by atoms with Crippen LogP contribution in [-0.2, 0) is 32.4 Å². The van der Waals surface area contributed by atoms with Gasteiger partial charge in [0.2, 0.25) is 0 Å². The molecule has 0 aromatic heterocycles. The van der Waals surface area contributed by atoms with E-state index in [2.05, 4.69) is 141 Å². The Bertz CT molecular complexity index is 1800. The third-order valence-corrected chi connectivity index (χ3v) is 10.9. The van der Waals surface area contributed by atoms with Crippen LogP contribution < -0.4 is 10.6 Å². The Morgan fingerprint density at radius 2 is 1.09 bits per heavy atom. The van der Waals surface area contributed by atoms with Gasteiger partial charge in [0.05, 0.1) is 5.56 Å². The second kappa shape index (κ2) is 31.1. The van der Waals surface area contributed by atoms with Gasteiger partial charge in [-0.15, -0.1) is 0 Å². The standard InChI is InChI=1S/C15H22F3N.C14H22ClN.C14H23N.C12H18ClN/c1-14(2,3)9-10-19(4)11-12-7-5-6-8-13(12)15(16,17)18;1-11(2)7-8-16(4)10-13-5-6-14(15)9-12(13)3;1-14(2,3)10-7-11-15-12-13-8-5-4-6-9-13;1-10(2)6-7-14-9-11-4-3-5-12(13)8-11/h5-8H,9-11H2,1-4H3;5-6,9,11H,7-8,10H2,1-4H3;4-6,8-9,15H,7,10-12H2,1-3H3;3-5,8,10,14H,6-7,9H2,1-2H3. The highest BCUT2D eigenvalue weighted by molar-refractivity contribution is 6.30. The van der Waals surface area contributed by atoms with Crippen LogP contribution in [0, 0.1) is 29.6 Å². The van der Waals surface area contributed by atoms with Crippen molar-refractivity contribution < 1.29 is 13.2 Å². The van der Waals surface area contributed by atoms with Crippen LogP contribution in [0.25, 0.3) is 0 Å². The van der Waals surface area contributed by atoms with Gasteiger partial charge in [0.15, 0.2) is 0 Å². The molecule has 0 bridgehead atoms. The second-order valence-electron chi connectivity index (χ2n) is 20.5. The lowest BCUT2D eigenvalue weighted by molar-refractivity contribution is -0.138. The Morgan fingerprint density at radius 3 is 1.67 bits per heavy atom. The van der Waals surface area contributed by atoms with Crippen LogP contribution >= 0.6 is 23.2 Å². The van der Waals surface area contributed by atoms with Crippen molar-refractivity contribution in [3.8, 4) is 0 Å². The van der Waals surface area contributed by atoms with E-state index in [0.717, 1.165) is 80.2 Å². The maximum Gasteiger partial charge on any atom is 0.416 e. The Labute approximate surface area is 399 Å². The highest BCUT2D eigenvalue weighted by Crippen LogP contribution is 2.32. The van der Waals surface area contributed by atoms with Crippen LogP contribution in [0.5, 0.6) is 0 Å². The maximum absolute atomic E-state index is 12.9. The average molecular weight is 930 g/mol. The number of hydrogen-bond donors (Lipinski definition) is 2. The summed E-state index contributed by atoms with van der Waals surface area (Å²) in [5, 5.41) is 8.51. The lowest BCUT2D eigenvalue weighted by Crippen LogP contribution is -2.24. The van der Waals surface area contributed by atoms with Crippen LogP contribution in [0.15, 0.2) is 97.1 Å². The molecule has 0 aliphatic carbocycles. The molecule has 0 aliphatic rings. The van der Waals surface area contributed by atoms with Gasteiger partial charge in [-0.3, -0.25) is 0 Å². The summed E-state index contributed by atoms with van der Waals surface area (Å²) in [6.07, 6.45) is 1.70. The SMILES string of the molecule is CC(C)(C)CCCNCc1ccccc1.CC(C)CCNCc1cccc(Cl)c1.CN(CCC(C)(C)C)Cc1ccccc1C(F)(F)F.Cc1cc(Cl)ccc1CN(C)CCC(C)C. The number of benzene rings is 4. The molecule has 0 unspecified atom stereocenters. The summed E-state index contributed by atoms with van der Waals surface area (Å²) in [5.74, 6) is 1.54. The normalized spacial score (nSPS) is 11.8. The van der Waals surface area contributed by atoms with Crippen LogP contribution in [0.1, 0.15) is 135 Å². The fourth-order valence-electron chi connectivity index (χ4n) is 6.36. The summed E-state index contributed by atoms with van der Waals surface area (Å²) in [4.78, 5) is 4.31. The zero-order valence-electron chi connectivity index (χ0n) is 41.9. The fraction of sp³-hybridized carbons (Fsp3) is 0.564. The summed E-state index contributed by atoms with van der Waals surface area (Å²) in [5.41, 5.74) is 5.74. The van der Waals surface area contributed by atoms with Crippen LogP contribution in [0.4, 0.5) is 13.2 Å². The van der Waals surface area contributed by atoms with Crippen molar-refractivity contribution in [2.24, 2.45) is 22.7 Å². The summed E-state index contributed by atoms with van der Waals surface area (Å²) in [6.45, 7) is 31.8. The third-order valence-electron chi connectivity index (χ3n) is 10.4. The molecule has 4 aromatic carbocycles. The zero-order valence-corrected chi connectivity index (χ0v) is 43.4.